The maximum atomic E-state index is 13.6. The SMILES string of the molecule is O=S(=O)(c1ccc(Cl)c(Cl)c1)C(Cn1ccnc1)c1ccc(Sc2ccccc2)cc1. The second-order valence-electron chi connectivity index (χ2n) is 6.85. The van der Waals surface area contributed by atoms with Gasteiger partial charge in [-0.25, -0.2) is 13.4 Å². The Morgan fingerprint density at radius 3 is 2.26 bits per heavy atom. The average Bonchev–Trinajstić information content (AvgIpc) is 3.29. The van der Waals surface area contributed by atoms with Gasteiger partial charge in [-0.2, -0.15) is 0 Å². The Morgan fingerprint density at radius 2 is 1.61 bits per heavy atom. The number of rotatable bonds is 7. The van der Waals surface area contributed by atoms with Crippen molar-refractivity contribution in [2.45, 2.75) is 26.5 Å². The summed E-state index contributed by atoms with van der Waals surface area (Å²) in [4.78, 5) is 6.32. The molecule has 0 fully saturated rings. The molecule has 0 aliphatic heterocycles. The van der Waals surface area contributed by atoms with E-state index in [1.807, 2.05) is 54.6 Å². The van der Waals surface area contributed by atoms with Crippen molar-refractivity contribution in [3.8, 4) is 0 Å². The van der Waals surface area contributed by atoms with E-state index in [1.54, 1.807) is 35.0 Å². The number of aromatic nitrogens is 2. The van der Waals surface area contributed by atoms with Gasteiger partial charge in [-0.15, -0.1) is 0 Å². The Labute approximate surface area is 195 Å². The van der Waals surface area contributed by atoms with Gasteiger partial charge in [0.05, 0.1) is 21.3 Å². The van der Waals surface area contributed by atoms with Crippen molar-refractivity contribution in [1.29, 1.82) is 0 Å². The van der Waals surface area contributed by atoms with Gasteiger partial charge >= 0.3 is 0 Å². The Bertz CT molecular complexity index is 1260. The molecule has 0 saturated carbocycles. The number of hydrogen-bond donors (Lipinski definition) is 0. The predicted octanol–water partition coefficient (Wildman–Crippen LogP) is 6.56. The first-order chi connectivity index (χ1) is 14.9. The van der Waals surface area contributed by atoms with Gasteiger partial charge in [0.25, 0.3) is 0 Å². The third kappa shape index (κ3) is 5.15. The summed E-state index contributed by atoms with van der Waals surface area (Å²) in [6, 6.07) is 22.0. The zero-order chi connectivity index (χ0) is 21.8. The first-order valence-corrected chi connectivity index (χ1v) is 12.5. The molecule has 4 aromatic rings. The molecule has 8 heteroatoms. The highest BCUT2D eigenvalue weighted by Crippen LogP contribution is 2.35. The molecule has 31 heavy (non-hydrogen) atoms. The minimum atomic E-state index is -3.74. The van der Waals surface area contributed by atoms with Crippen molar-refractivity contribution in [1.82, 2.24) is 9.55 Å². The van der Waals surface area contributed by atoms with Gasteiger partial charge in [0.15, 0.2) is 9.84 Å². The van der Waals surface area contributed by atoms with Crippen molar-refractivity contribution in [2.24, 2.45) is 0 Å². The fourth-order valence-corrected chi connectivity index (χ4v) is 6.11. The molecule has 0 spiro atoms. The first kappa shape index (κ1) is 22.0. The molecule has 0 radical (unpaired) electrons. The molecule has 4 rings (SSSR count). The molecule has 0 amide bonds. The highest BCUT2D eigenvalue weighted by Gasteiger charge is 2.30. The van der Waals surface area contributed by atoms with Crippen LogP contribution in [0.4, 0.5) is 0 Å². The molecule has 0 aliphatic rings. The molecule has 0 bridgehead atoms. The zero-order valence-corrected chi connectivity index (χ0v) is 19.4. The Kier molecular flexibility index (Phi) is 6.72. The molecule has 3 aromatic carbocycles. The van der Waals surface area contributed by atoms with Crippen LogP contribution >= 0.6 is 35.0 Å². The van der Waals surface area contributed by atoms with Gasteiger partial charge in [0.2, 0.25) is 0 Å². The average molecular weight is 489 g/mol. The maximum absolute atomic E-state index is 13.6. The number of benzene rings is 3. The van der Waals surface area contributed by atoms with E-state index in [0.717, 1.165) is 9.79 Å². The van der Waals surface area contributed by atoms with Crippen LogP contribution in [0.1, 0.15) is 10.8 Å². The van der Waals surface area contributed by atoms with Crippen LogP contribution in [0.3, 0.4) is 0 Å². The number of halogens is 2. The van der Waals surface area contributed by atoms with E-state index in [4.69, 9.17) is 23.2 Å². The van der Waals surface area contributed by atoms with Crippen LogP contribution in [0, 0.1) is 0 Å². The number of sulfone groups is 1. The van der Waals surface area contributed by atoms with Crippen molar-refractivity contribution < 1.29 is 8.42 Å². The minimum Gasteiger partial charge on any atom is -0.336 e. The largest absolute Gasteiger partial charge is 0.336 e. The second-order valence-corrected chi connectivity index (χ2v) is 10.9. The van der Waals surface area contributed by atoms with Crippen molar-refractivity contribution in [2.75, 3.05) is 0 Å². The molecule has 1 unspecified atom stereocenters. The summed E-state index contributed by atoms with van der Waals surface area (Å²) in [6.45, 7) is 0.230. The highest BCUT2D eigenvalue weighted by atomic mass is 35.5. The third-order valence-electron chi connectivity index (χ3n) is 4.76. The van der Waals surface area contributed by atoms with Crippen LogP contribution in [0.5, 0.6) is 0 Å². The Hall–Kier alpha value is -2.25. The molecule has 0 N–H and O–H groups in total. The molecule has 0 saturated heterocycles. The highest BCUT2D eigenvalue weighted by molar-refractivity contribution is 7.99. The van der Waals surface area contributed by atoms with E-state index < -0.39 is 15.1 Å². The molecule has 1 heterocycles. The maximum Gasteiger partial charge on any atom is 0.187 e. The summed E-state index contributed by atoms with van der Waals surface area (Å²) in [7, 11) is -3.74. The predicted molar refractivity (Wildman–Crippen MR) is 126 cm³/mol. The smallest absolute Gasteiger partial charge is 0.187 e. The normalized spacial score (nSPS) is 12.6. The van der Waals surface area contributed by atoms with Gasteiger partial charge in [0.1, 0.15) is 5.25 Å². The van der Waals surface area contributed by atoms with Gasteiger partial charge in [-0.05, 0) is 48.0 Å². The summed E-state index contributed by atoms with van der Waals surface area (Å²) in [5.74, 6) is 0. The fraction of sp³-hybridized carbons (Fsp3) is 0.0870. The number of hydrogen-bond acceptors (Lipinski definition) is 4. The Morgan fingerprint density at radius 1 is 0.903 bits per heavy atom. The quantitative estimate of drug-likeness (QED) is 0.295. The lowest BCUT2D eigenvalue weighted by Crippen LogP contribution is -2.19. The van der Waals surface area contributed by atoms with E-state index >= 15 is 0 Å². The lowest BCUT2D eigenvalue weighted by Gasteiger charge is -2.19. The van der Waals surface area contributed by atoms with E-state index in [9.17, 15) is 8.42 Å². The van der Waals surface area contributed by atoms with E-state index in [1.165, 1.54) is 18.2 Å². The molecule has 4 nitrogen and oxygen atoms in total. The molecule has 1 atom stereocenters. The minimum absolute atomic E-state index is 0.134. The lowest BCUT2D eigenvalue weighted by molar-refractivity contribution is 0.562. The van der Waals surface area contributed by atoms with Crippen LogP contribution in [0.2, 0.25) is 10.0 Å². The molecular formula is C23H18Cl2N2O2S2. The summed E-state index contributed by atoms with van der Waals surface area (Å²) >= 11 is 13.7. The standard InChI is InChI=1S/C23H18Cl2N2O2S2/c24-21-11-10-20(14-22(21)25)31(28,29)23(15-27-13-12-26-16-27)17-6-8-19(9-7-17)30-18-4-2-1-3-5-18/h1-14,16,23H,15H2. The van der Waals surface area contributed by atoms with Crippen LogP contribution in [0.25, 0.3) is 0 Å². The van der Waals surface area contributed by atoms with Crippen LogP contribution < -0.4 is 0 Å². The van der Waals surface area contributed by atoms with Crippen molar-refractivity contribution in [3.63, 3.8) is 0 Å². The van der Waals surface area contributed by atoms with Gasteiger partial charge in [-0.1, -0.05) is 65.3 Å². The van der Waals surface area contributed by atoms with Gasteiger partial charge in [0, 0.05) is 28.7 Å². The molecule has 1 aromatic heterocycles. The Balaban J connectivity index is 1.68. The molecule has 158 valence electrons. The van der Waals surface area contributed by atoms with E-state index in [2.05, 4.69) is 4.98 Å². The monoisotopic (exact) mass is 488 g/mol. The lowest BCUT2D eigenvalue weighted by atomic mass is 10.1. The van der Waals surface area contributed by atoms with E-state index in [-0.39, 0.29) is 16.5 Å². The fourth-order valence-electron chi connectivity index (χ4n) is 3.16. The third-order valence-corrected chi connectivity index (χ3v) is 8.60. The van der Waals surface area contributed by atoms with Crippen LogP contribution in [-0.4, -0.2) is 18.0 Å². The zero-order valence-electron chi connectivity index (χ0n) is 16.2. The topological polar surface area (TPSA) is 52.0 Å². The van der Waals surface area contributed by atoms with Crippen LogP contribution in [-0.2, 0) is 16.4 Å². The molecular weight excluding hydrogens is 471 g/mol. The summed E-state index contributed by atoms with van der Waals surface area (Å²) < 4.78 is 28.9. The summed E-state index contributed by atoms with van der Waals surface area (Å²) in [6.07, 6.45) is 4.98. The first-order valence-electron chi connectivity index (χ1n) is 9.41. The van der Waals surface area contributed by atoms with Gasteiger partial charge in [-0.3, -0.25) is 0 Å². The number of imidazole rings is 1. The van der Waals surface area contributed by atoms with Crippen LogP contribution in [0.15, 0.2) is 106 Å². The second kappa shape index (κ2) is 9.49. The number of nitrogens with zero attached hydrogens (tertiary/aromatic N) is 2. The van der Waals surface area contributed by atoms with Gasteiger partial charge < -0.3 is 4.57 Å². The van der Waals surface area contributed by atoms with Crippen molar-refractivity contribution in [3.05, 3.63) is 107 Å². The molecule has 0 aliphatic carbocycles. The van der Waals surface area contributed by atoms with E-state index in [0.29, 0.717) is 10.6 Å². The van der Waals surface area contributed by atoms with Crippen molar-refractivity contribution >= 4 is 44.8 Å². The summed E-state index contributed by atoms with van der Waals surface area (Å²) in [5.41, 5.74) is 0.692. The summed E-state index contributed by atoms with van der Waals surface area (Å²) in [5, 5.41) is -0.289.